The molecule has 0 atom stereocenters. The average molecular weight is 299 g/mol. The second-order valence-electron chi connectivity index (χ2n) is 4.36. The highest BCUT2D eigenvalue weighted by Crippen LogP contribution is 2.20. The Morgan fingerprint density at radius 3 is 2.82 bits per heavy atom. The fourth-order valence-electron chi connectivity index (χ4n) is 1.76. The average Bonchev–Trinajstić information content (AvgIpc) is 2.32. The number of halogens is 1. The topological polar surface area (TPSA) is 40.3 Å². The summed E-state index contributed by atoms with van der Waals surface area (Å²) in [6, 6.07) is 5.34. The molecule has 1 aliphatic heterocycles. The minimum Gasteiger partial charge on any atom is -0.507 e. The molecule has 0 spiro atoms. The maximum Gasteiger partial charge on any atom is 0.124 e. The third kappa shape index (κ3) is 3.44. The van der Waals surface area contributed by atoms with Gasteiger partial charge in [-0.3, -0.25) is 5.01 Å². The van der Waals surface area contributed by atoms with Crippen LogP contribution in [0.5, 0.6) is 5.75 Å². The smallest absolute Gasteiger partial charge is 0.124 e. The van der Waals surface area contributed by atoms with E-state index in [-0.39, 0.29) is 5.75 Å². The number of hydrazone groups is 1. The molecule has 1 fully saturated rings. The first-order chi connectivity index (χ1) is 8.15. The van der Waals surface area contributed by atoms with Crippen molar-refractivity contribution >= 4 is 22.1 Å². The summed E-state index contributed by atoms with van der Waals surface area (Å²) in [5, 5.41) is 16.1. The van der Waals surface area contributed by atoms with Gasteiger partial charge in [0, 0.05) is 10.0 Å². The van der Waals surface area contributed by atoms with E-state index in [1.165, 1.54) is 0 Å². The lowest BCUT2D eigenvalue weighted by molar-refractivity contribution is -0.884. The molecule has 0 saturated carbocycles. The Morgan fingerprint density at radius 2 is 2.12 bits per heavy atom. The van der Waals surface area contributed by atoms with Gasteiger partial charge in [-0.1, -0.05) is 15.9 Å². The van der Waals surface area contributed by atoms with Gasteiger partial charge in [0.25, 0.3) is 0 Å². The summed E-state index contributed by atoms with van der Waals surface area (Å²) < 4.78 is 0.944. The van der Waals surface area contributed by atoms with Gasteiger partial charge in [-0.15, -0.1) is 0 Å². The Hall–Kier alpha value is -1.07. The van der Waals surface area contributed by atoms with Gasteiger partial charge in [-0.25, -0.2) is 0 Å². The predicted octanol–water partition coefficient (Wildman–Crippen LogP) is 0.319. The highest BCUT2D eigenvalue weighted by molar-refractivity contribution is 9.10. The summed E-state index contributed by atoms with van der Waals surface area (Å²) in [5.41, 5.74) is 0.741. The van der Waals surface area contributed by atoms with Crippen molar-refractivity contribution in [1.29, 1.82) is 0 Å². The van der Waals surface area contributed by atoms with Crippen LogP contribution in [0.3, 0.4) is 0 Å². The molecule has 0 unspecified atom stereocenters. The number of benzene rings is 1. The number of nitrogens with one attached hydrogen (secondary N) is 1. The Balaban J connectivity index is 2.02. The van der Waals surface area contributed by atoms with E-state index in [1.807, 2.05) is 17.1 Å². The number of rotatable bonds is 2. The molecule has 1 aliphatic rings. The minimum atomic E-state index is 0.261. The fraction of sp³-hybridized carbons (Fsp3) is 0.417. The summed E-state index contributed by atoms with van der Waals surface area (Å²) in [5.74, 6) is 0.261. The molecule has 92 valence electrons. The minimum absolute atomic E-state index is 0.261. The van der Waals surface area contributed by atoms with Gasteiger partial charge in [0.2, 0.25) is 0 Å². The second-order valence-corrected chi connectivity index (χ2v) is 5.27. The molecule has 1 aromatic carbocycles. The van der Waals surface area contributed by atoms with Crippen molar-refractivity contribution in [2.24, 2.45) is 5.10 Å². The van der Waals surface area contributed by atoms with Gasteiger partial charge in [0.1, 0.15) is 5.75 Å². The van der Waals surface area contributed by atoms with Gasteiger partial charge in [-0.2, -0.15) is 5.10 Å². The molecule has 4 nitrogen and oxygen atoms in total. The molecular weight excluding hydrogens is 282 g/mol. The van der Waals surface area contributed by atoms with Crippen LogP contribution in [-0.4, -0.2) is 49.6 Å². The van der Waals surface area contributed by atoms with E-state index in [9.17, 15) is 5.11 Å². The maximum atomic E-state index is 9.67. The lowest BCUT2D eigenvalue weighted by Crippen LogP contribution is -3.11. The van der Waals surface area contributed by atoms with Crippen LogP contribution in [0.15, 0.2) is 27.8 Å². The van der Waals surface area contributed by atoms with Gasteiger partial charge >= 0.3 is 0 Å². The molecule has 1 heterocycles. The lowest BCUT2D eigenvalue weighted by atomic mass is 10.2. The zero-order chi connectivity index (χ0) is 12.3. The third-order valence-electron chi connectivity index (χ3n) is 2.94. The van der Waals surface area contributed by atoms with Crippen LogP contribution in [0.2, 0.25) is 0 Å². The monoisotopic (exact) mass is 298 g/mol. The quantitative estimate of drug-likeness (QED) is 0.772. The molecule has 1 aromatic rings. The first kappa shape index (κ1) is 12.4. The number of phenols is 1. The number of quaternary nitrogens is 1. The number of phenolic OH excluding ortho intramolecular Hbond substituents is 1. The van der Waals surface area contributed by atoms with Crippen molar-refractivity contribution in [3.63, 3.8) is 0 Å². The summed E-state index contributed by atoms with van der Waals surface area (Å²) in [7, 11) is 2.20. The highest BCUT2D eigenvalue weighted by atomic mass is 79.9. The molecule has 2 rings (SSSR count). The van der Waals surface area contributed by atoms with Crippen LogP contribution >= 0.6 is 15.9 Å². The Kier molecular flexibility index (Phi) is 4.02. The van der Waals surface area contributed by atoms with E-state index in [1.54, 1.807) is 17.2 Å². The van der Waals surface area contributed by atoms with Crippen LogP contribution in [0.1, 0.15) is 5.56 Å². The highest BCUT2D eigenvalue weighted by Gasteiger charge is 2.14. The van der Waals surface area contributed by atoms with Crippen molar-refractivity contribution in [3.8, 4) is 5.75 Å². The Morgan fingerprint density at radius 1 is 1.41 bits per heavy atom. The van der Waals surface area contributed by atoms with Gasteiger partial charge < -0.3 is 10.0 Å². The summed E-state index contributed by atoms with van der Waals surface area (Å²) in [6.45, 7) is 4.16. The normalized spacial score (nSPS) is 17.9. The maximum absolute atomic E-state index is 9.67. The molecule has 2 N–H and O–H groups in total. The van der Waals surface area contributed by atoms with Gasteiger partial charge in [0.15, 0.2) is 0 Å². The molecule has 17 heavy (non-hydrogen) atoms. The number of hydrogen-bond donors (Lipinski definition) is 2. The molecule has 0 bridgehead atoms. The fourth-order valence-corrected chi connectivity index (χ4v) is 2.14. The van der Waals surface area contributed by atoms with E-state index >= 15 is 0 Å². The Bertz CT molecular complexity index is 414. The van der Waals surface area contributed by atoms with Gasteiger partial charge in [-0.05, 0) is 18.2 Å². The molecule has 0 aromatic heterocycles. The third-order valence-corrected chi connectivity index (χ3v) is 3.44. The van der Waals surface area contributed by atoms with Crippen LogP contribution in [0, 0.1) is 0 Å². The van der Waals surface area contributed by atoms with E-state index in [0.29, 0.717) is 0 Å². The van der Waals surface area contributed by atoms with E-state index in [0.717, 1.165) is 36.2 Å². The van der Waals surface area contributed by atoms with Crippen LogP contribution in [0.25, 0.3) is 0 Å². The molecule has 0 radical (unpaired) electrons. The number of piperazine rings is 1. The van der Waals surface area contributed by atoms with Crippen molar-refractivity contribution in [3.05, 3.63) is 28.2 Å². The second kappa shape index (κ2) is 5.51. The molecule has 1 saturated heterocycles. The molecular formula is C12H17BrN3O+. The van der Waals surface area contributed by atoms with Crippen molar-refractivity contribution < 1.29 is 10.0 Å². The van der Waals surface area contributed by atoms with Crippen molar-refractivity contribution in [2.75, 3.05) is 33.2 Å². The predicted molar refractivity (Wildman–Crippen MR) is 71.6 cm³/mol. The van der Waals surface area contributed by atoms with Crippen LogP contribution in [0.4, 0.5) is 0 Å². The van der Waals surface area contributed by atoms with E-state index in [4.69, 9.17) is 0 Å². The zero-order valence-electron chi connectivity index (χ0n) is 9.86. The number of likely N-dealkylation sites (N-methyl/N-ethyl adjacent to an activating group) is 1. The number of nitrogens with zero attached hydrogens (tertiary/aromatic N) is 2. The molecule has 5 heteroatoms. The molecule has 0 aliphatic carbocycles. The lowest BCUT2D eigenvalue weighted by Gasteiger charge is -2.27. The SMILES string of the molecule is C[NH+]1CCN(/N=C/c2cc(Br)ccc2O)CC1. The first-order valence-electron chi connectivity index (χ1n) is 5.74. The zero-order valence-corrected chi connectivity index (χ0v) is 11.4. The van der Waals surface area contributed by atoms with Crippen LogP contribution in [-0.2, 0) is 0 Å². The standard InChI is InChI=1S/C12H16BrN3O/c1-15-4-6-16(7-5-15)14-9-10-8-11(13)2-3-12(10)17/h2-3,8-9,17H,4-7H2,1H3/p+1/b14-9+. The van der Waals surface area contributed by atoms with E-state index in [2.05, 4.69) is 28.1 Å². The van der Waals surface area contributed by atoms with Gasteiger partial charge in [0.05, 0.1) is 39.4 Å². The number of aromatic hydroxyl groups is 1. The largest absolute Gasteiger partial charge is 0.507 e. The first-order valence-corrected chi connectivity index (χ1v) is 6.53. The van der Waals surface area contributed by atoms with Crippen LogP contribution < -0.4 is 4.90 Å². The van der Waals surface area contributed by atoms with Crippen molar-refractivity contribution in [1.82, 2.24) is 5.01 Å². The summed E-state index contributed by atoms with van der Waals surface area (Å²) in [6.07, 6.45) is 1.72. The summed E-state index contributed by atoms with van der Waals surface area (Å²) >= 11 is 3.38. The Labute approximate surface area is 110 Å². The van der Waals surface area contributed by atoms with Crippen molar-refractivity contribution in [2.45, 2.75) is 0 Å². The summed E-state index contributed by atoms with van der Waals surface area (Å²) in [4.78, 5) is 1.54. The molecule has 0 amide bonds. The van der Waals surface area contributed by atoms with E-state index < -0.39 is 0 Å². The number of hydrogen-bond acceptors (Lipinski definition) is 3.